The van der Waals surface area contributed by atoms with Gasteiger partial charge in [-0.2, -0.15) is 0 Å². The third kappa shape index (κ3) is 68.7. The molecule has 0 radical (unpaired) electrons. The van der Waals surface area contributed by atoms with Gasteiger partial charge in [-0.05, 0) is 64.2 Å². The normalized spacial score (nSPS) is 12.1. The fourth-order valence-electron chi connectivity index (χ4n) is 11.5. The first kappa shape index (κ1) is 79.9. The minimum atomic E-state index is -0.770. The summed E-state index contributed by atoms with van der Waals surface area (Å²) in [5, 5.41) is 0. The Labute approximate surface area is 513 Å². The van der Waals surface area contributed by atoms with Gasteiger partial charge in [0.15, 0.2) is 6.10 Å². The maximum atomic E-state index is 12.9. The first-order valence-corrected chi connectivity index (χ1v) is 37.3. The van der Waals surface area contributed by atoms with E-state index in [1.54, 1.807) is 0 Å². The number of unbranched alkanes of at least 4 members (excludes halogenated alkanes) is 55. The van der Waals surface area contributed by atoms with Crippen LogP contribution in [0.1, 0.15) is 425 Å². The molecule has 0 fully saturated rings. The molecule has 0 saturated carbocycles. The van der Waals surface area contributed by atoms with Crippen molar-refractivity contribution in [2.45, 2.75) is 431 Å². The van der Waals surface area contributed by atoms with Gasteiger partial charge in [0, 0.05) is 19.3 Å². The number of allylic oxidation sites excluding steroid dienone is 4. The van der Waals surface area contributed by atoms with Gasteiger partial charge in [-0.1, -0.05) is 366 Å². The van der Waals surface area contributed by atoms with Crippen LogP contribution in [0.5, 0.6) is 0 Å². The maximum Gasteiger partial charge on any atom is 0.306 e. The van der Waals surface area contributed by atoms with Crippen molar-refractivity contribution in [1.29, 1.82) is 0 Å². The van der Waals surface area contributed by atoms with Gasteiger partial charge in [0.1, 0.15) is 13.2 Å². The lowest BCUT2D eigenvalue weighted by Gasteiger charge is -2.18. The van der Waals surface area contributed by atoms with Crippen molar-refractivity contribution in [3.8, 4) is 0 Å². The van der Waals surface area contributed by atoms with Crippen molar-refractivity contribution in [1.82, 2.24) is 0 Å². The largest absolute Gasteiger partial charge is 0.462 e. The lowest BCUT2D eigenvalue weighted by molar-refractivity contribution is -0.167. The maximum absolute atomic E-state index is 12.9. The summed E-state index contributed by atoms with van der Waals surface area (Å²) in [4.78, 5) is 38.3. The summed E-state index contributed by atoms with van der Waals surface area (Å²) in [5.41, 5.74) is 0. The van der Waals surface area contributed by atoms with Gasteiger partial charge in [-0.15, -0.1) is 0 Å². The van der Waals surface area contributed by atoms with E-state index in [1.807, 2.05) is 0 Å². The van der Waals surface area contributed by atoms with Gasteiger partial charge in [0.25, 0.3) is 0 Å². The average Bonchev–Trinajstić information content (AvgIpc) is 3.47. The molecule has 1 atom stereocenters. The molecule has 0 aromatic carbocycles. The Balaban J connectivity index is 4.02. The number of carbonyl (C=O) groups is 3. The Morgan fingerprint density at radius 3 is 0.646 bits per heavy atom. The second-order valence-electron chi connectivity index (χ2n) is 25.6. The van der Waals surface area contributed by atoms with Gasteiger partial charge >= 0.3 is 17.9 Å². The number of rotatable bonds is 70. The Morgan fingerprint density at radius 2 is 0.415 bits per heavy atom. The standard InChI is InChI=1S/C76H144O6/c1-4-7-10-13-16-19-22-24-26-28-30-31-32-33-34-35-36-37-38-39-40-41-42-43-44-45-46-48-49-51-54-57-60-63-66-69-75(78)81-72-73(71-80-74(77)68-65-62-59-56-53-21-18-15-12-9-6-3)82-76(79)70-67-64-61-58-55-52-50-47-29-27-25-23-20-17-14-11-8-5-2/h15,18,28,30,73H,4-14,16-17,19-27,29,31-72H2,1-3H3/b18-15-,30-28-. The third-order valence-corrected chi connectivity index (χ3v) is 17.2. The first-order chi connectivity index (χ1) is 40.5. The van der Waals surface area contributed by atoms with Crippen molar-refractivity contribution in [3.63, 3.8) is 0 Å². The fourth-order valence-corrected chi connectivity index (χ4v) is 11.5. The highest BCUT2D eigenvalue weighted by molar-refractivity contribution is 5.71. The zero-order valence-corrected chi connectivity index (χ0v) is 55.8. The van der Waals surface area contributed by atoms with Crippen LogP contribution in [0.25, 0.3) is 0 Å². The van der Waals surface area contributed by atoms with Crippen molar-refractivity contribution < 1.29 is 28.6 Å². The zero-order valence-electron chi connectivity index (χ0n) is 55.8. The second-order valence-corrected chi connectivity index (χ2v) is 25.6. The minimum absolute atomic E-state index is 0.0671. The Bertz CT molecular complexity index is 1320. The van der Waals surface area contributed by atoms with Gasteiger partial charge in [-0.25, -0.2) is 0 Å². The van der Waals surface area contributed by atoms with Crippen LogP contribution in [0, 0.1) is 0 Å². The van der Waals surface area contributed by atoms with E-state index in [4.69, 9.17) is 14.2 Å². The summed E-state index contributed by atoms with van der Waals surface area (Å²) >= 11 is 0. The highest BCUT2D eigenvalue weighted by atomic mass is 16.6. The van der Waals surface area contributed by atoms with Crippen molar-refractivity contribution in [2.75, 3.05) is 13.2 Å². The lowest BCUT2D eigenvalue weighted by atomic mass is 10.0. The topological polar surface area (TPSA) is 78.9 Å². The second kappa shape index (κ2) is 71.4. The molecule has 0 heterocycles. The molecule has 0 bridgehead atoms. The van der Waals surface area contributed by atoms with Crippen molar-refractivity contribution in [3.05, 3.63) is 24.3 Å². The minimum Gasteiger partial charge on any atom is -0.462 e. The summed E-state index contributed by atoms with van der Waals surface area (Å²) in [6.45, 7) is 6.67. The lowest BCUT2D eigenvalue weighted by Crippen LogP contribution is -2.30. The Hall–Kier alpha value is -2.11. The molecule has 82 heavy (non-hydrogen) atoms. The molecule has 0 aliphatic rings. The van der Waals surface area contributed by atoms with Gasteiger partial charge in [0.05, 0.1) is 0 Å². The van der Waals surface area contributed by atoms with Crippen LogP contribution in [0.15, 0.2) is 24.3 Å². The molecule has 0 aromatic heterocycles. The highest BCUT2D eigenvalue weighted by Crippen LogP contribution is 2.19. The monoisotopic (exact) mass is 1150 g/mol. The van der Waals surface area contributed by atoms with Crippen molar-refractivity contribution in [2.24, 2.45) is 0 Å². The smallest absolute Gasteiger partial charge is 0.306 e. The molecular weight excluding hydrogens is 1010 g/mol. The third-order valence-electron chi connectivity index (χ3n) is 17.2. The Morgan fingerprint density at radius 1 is 0.232 bits per heavy atom. The molecule has 0 spiro atoms. The van der Waals surface area contributed by atoms with E-state index in [1.165, 1.54) is 321 Å². The van der Waals surface area contributed by atoms with Gasteiger partial charge in [-0.3, -0.25) is 14.4 Å². The van der Waals surface area contributed by atoms with Crippen LogP contribution in [0.4, 0.5) is 0 Å². The summed E-state index contributed by atoms with van der Waals surface area (Å²) in [5.74, 6) is -0.845. The quantitative estimate of drug-likeness (QED) is 0.0261. The van der Waals surface area contributed by atoms with Crippen LogP contribution in [0.2, 0.25) is 0 Å². The first-order valence-electron chi connectivity index (χ1n) is 37.3. The highest BCUT2D eigenvalue weighted by Gasteiger charge is 2.20. The van der Waals surface area contributed by atoms with E-state index < -0.39 is 6.10 Å². The molecule has 0 saturated heterocycles. The molecular formula is C76H144O6. The van der Waals surface area contributed by atoms with Gasteiger partial charge < -0.3 is 14.2 Å². The molecule has 0 aliphatic carbocycles. The molecule has 0 N–H and O–H groups in total. The van der Waals surface area contributed by atoms with Crippen LogP contribution < -0.4 is 0 Å². The molecule has 0 aromatic rings. The van der Waals surface area contributed by atoms with Crippen LogP contribution in [-0.2, 0) is 28.6 Å². The van der Waals surface area contributed by atoms with E-state index in [2.05, 4.69) is 45.1 Å². The number of carbonyl (C=O) groups excluding carboxylic acids is 3. The van der Waals surface area contributed by atoms with E-state index >= 15 is 0 Å². The molecule has 0 amide bonds. The van der Waals surface area contributed by atoms with E-state index in [0.29, 0.717) is 19.3 Å². The van der Waals surface area contributed by atoms with Crippen LogP contribution >= 0.6 is 0 Å². The van der Waals surface area contributed by atoms with Crippen LogP contribution in [-0.4, -0.2) is 37.2 Å². The van der Waals surface area contributed by atoms with E-state index in [-0.39, 0.29) is 31.1 Å². The summed E-state index contributed by atoms with van der Waals surface area (Å²) in [6, 6.07) is 0. The molecule has 0 aliphatic heterocycles. The Kier molecular flexibility index (Phi) is 69.5. The van der Waals surface area contributed by atoms with E-state index in [0.717, 1.165) is 64.2 Å². The number of esters is 3. The number of hydrogen-bond donors (Lipinski definition) is 0. The van der Waals surface area contributed by atoms with Crippen molar-refractivity contribution >= 4 is 17.9 Å². The summed E-state index contributed by atoms with van der Waals surface area (Å²) < 4.78 is 17.0. The fraction of sp³-hybridized carbons (Fsp3) is 0.908. The zero-order chi connectivity index (χ0) is 59.2. The summed E-state index contributed by atoms with van der Waals surface area (Å²) in [6.07, 6.45) is 88.2. The molecule has 6 heteroatoms. The average molecular weight is 1150 g/mol. The van der Waals surface area contributed by atoms with E-state index in [9.17, 15) is 14.4 Å². The summed E-state index contributed by atoms with van der Waals surface area (Å²) in [7, 11) is 0. The van der Waals surface area contributed by atoms with Crippen LogP contribution in [0.3, 0.4) is 0 Å². The van der Waals surface area contributed by atoms with Gasteiger partial charge in [0.2, 0.25) is 0 Å². The molecule has 1 unspecified atom stereocenters. The SMILES string of the molecule is CCCC/C=C\CCCCCCCC(=O)OCC(COC(=O)CCCCCCCCCCCCCCCCCCCCCCCCC/C=C\CCCCCCCCCC)OC(=O)CCCCCCCCCCCCCCCCCCCC. The predicted octanol–water partition coefficient (Wildman–Crippen LogP) is 25.7. The molecule has 0 rings (SSSR count). The molecule has 484 valence electrons. The number of hydrogen-bond acceptors (Lipinski definition) is 6. The molecule has 6 nitrogen and oxygen atoms in total. The predicted molar refractivity (Wildman–Crippen MR) is 358 cm³/mol. The number of ether oxygens (including phenoxy) is 3.